The third-order valence-electron chi connectivity index (χ3n) is 3.38. The Morgan fingerprint density at radius 1 is 1.09 bits per heavy atom. The third-order valence-corrected chi connectivity index (χ3v) is 4.51. The van der Waals surface area contributed by atoms with Gasteiger partial charge in [-0.2, -0.15) is 0 Å². The van der Waals surface area contributed by atoms with Gasteiger partial charge in [0.2, 0.25) is 5.91 Å². The van der Waals surface area contributed by atoms with E-state index in [0.717, 1.165) is 17.6 Å². The van der Waals surface area contributed by atoms with Crippen LogP contribution in [0.3, 0.4) is 0 Å². The highest BCUT2D eigenvalue weighted by molar-refractivity contribution is 7.90. The second-order valence-corrected chi connectivity index (χ2v) is 7.17. The third kappa shape index (κ3) is 4.82. The number of ether oxygens (including phenoxy) is 1. The van der Waals surface area contributed by atoms with Crippen LogP contribution >= 0.6 is 0 Å². The number of methoxy groups -OCH3 is 1. The molecule has 0 bridgehead atoms. The smallest absolute Gasteiger partial charge is 0.224 e. The van der Waals surface area contributed by atoms with Crippen LogP contribution in [0.1, 0.15) is 12.0 Å². The predicted octanol–water partition coefficient (Wildman–Crippen LogP) is 2.67. The van der Waals surface area contributed by atoms with E-state index < -0.39 is 9.84 Å². The molecular formula is C17H19NO4S. The first-order chi connectivity index (χ1) is 10.9. The van der Waals surface area contributed by atoms with E-state index in [1.807, 2.05) is 24.3 Å². The minimum atomic E-state index is -3.23. The summed E-state index contributed by atoms with van der Waals surface area (Å²) in [5.74, 6) is 0.626. The highest BCUT2D eigenvalue weighted by Gasteiger charge is 2.09. The Kier molecular flexibility index (Phi) is 5.39. The van der Waals surface area contributed by atoms with Crippen LogP contribution < -0.4 is 10.1 Å². The summed E-state index contributed by atoms with van der Waals surface area (Å²) in [4.78, 5) is 12.2. The standard InChI is InChI=1S/C17H19NO4S/c1-22-16-6-4-3-5-13(16)7-12-17(19)18-14-8-10-15(11-9-14)23(2,20)21/h3-6,8-11H,7,12H2,1-2H3,(H,18,19). The van der Waals surface area contributed by atoms with Gasteiger partial charge in [-0.1, -0.05) is 18.2 Å². The molecule has 0 saturated heterocycles. The molecule has 0 atom stereocenters. The normalized spacial score (nSPS) is 11.0. The van der Waals surface area contributed by atoms with Crippen molar-refractivity contribution in [1.82, 2.24) is 0 Å². The zero-order valence-corrected chi connectivity index (χ0v) is 13.9. The van der Waals surface area contributed by atoms with Crippen molar-refractivity contribution in [3.63, 3.8) is 0 Å². The van der Waals surface area contributed by atoms with Gasteiger partial charge in [-0.15, -0.1) is 0 Å². The number of benzene rings is 2. The number of sulfone groups is 1. The van der Waals surface area contributed by atoms with Gasteiger partial charge in [0, 0.05) is 18.4 Å². The van der Waals surface area contributed by atoms with Crippen molar-refractivity contribution >= 4 is 21.4 Å². The van der Waals surface area contributed by atoms with Crippen LogP contribution in [0.5, 0.6) is 5.75 Å². The Bertz CT molecular complexity index is 782. The van der Waals surface area contributed by atoms with E-state index in [9.17, 15) is 13.2 Å². The first-order valence-corrected chi connectivity index (χ1v) is 9.01. The molecule has 0 heterocycles. The molecule has 2 aromatic carbocycles. The lowest BCUT2D eigenvalue weighted by Gasteiger charge is -2.09. The molecule has 0 aromatic heterocycles. The molecular weight excluding hydrogens is 314 g/mol. The lowest BCUT2D eigenvalue weighted by molar-refractivity contribution is -0.116. The van der Waals surface area contributed by atoms with Crippen LogP contribution in [0.2, 0.25) is 0 Å². The van der Waals surface area contributed by atoms with Crippen LogP contribution in [0.15, 0.2) is 53.4 Å². The molecule has 2 aromatic rings. The van der Waals surface area contributed by atoms with Gasteiger partial charge < -0.3 is 10.1 Å². The van der Waals surface area contributed by atoms with Gasteiger partial charge >= 0.3 is 0 Å². The van der Waals surface area contributed by atoms with E-state index in [0.29, 0.717) is 18.5 Å². The number of carbonyl (C=O) groups is 1. The van der Waals surface area contributed by atoms with E-state index in [2.05, 4.69) is 5.32 Å². The largest absolute Gasteiger partial charge is 0.496 e. The van der Waals surface area contributed by atoms with Crippen LogP contribution in [0.25, 0.3) is 0 Å². The van der Waals surface area contributed by atoms with Crippen molar-refractivity contribution in [2.45, 2.75) is 17.7 Å². The van der Waals surface area contributed by atoms with Gasteiger partial charge in [-0.25, -0.2) is 8.42 Å². The summed E-state index contributed by atoms with van der Waals surface area (Å²) in [6.45, 7) is 0. The second kappa shape index (κ2) is 7.28. The highest BCUT2D eigenvalue weighted by atomic mass is 32.2. The van der Waals surface area contributed by atoms with Crippen molar-refractivity contribution in [1.29, 1.82) is 0 Å². The summed E-state index contributed by atoms with van der Waals surface area (Å²) in [5.41, 5.74) is 1.54. The molecule has 0 aliphatic carbocycles. The van der Waals surface area contributed by atoms with E-state index in [-0.39, 0.29) is 10.8 Å². The van der Waals surface area contributed by atoms with E-state index in [1.54, 1.807) is 19.2 Å². The zero-order valence-electron chi connectivity index (χ0n) is 13.1. The number of amides is 1. The monoisotopic (exact) mass is 333 g/mol. The number of hydrogen-bond acceptors (Lipinski definition) is 4. The summed E-state index contributed by atoms with van der Waals surface area (Å²) in [7, 11) is -1.63. The maximum Gasteiger partial charge on any atom is 0.224 e. The van der Waals surface area contributed by atoms with Crippen LogP contribution in [-0.4, -0.2) is 27.7 Å². The molecule has 2 rings (SSSR count). The molecule has 0 aliphatic rings. The summed E-state index contributed by atoms with van der Waals surface area (Å²) < 4.78 is 28.0. The Hall–Kier alpha value is -2.34. The fourth-order valence-corrected chi connectivity index (χ4v) is 2.80. The topological polar surface area (TPSA) is 72.5 Å². The Labute approximate surface area is 136 Å². The van der Waals surface area contributed by atoms with Crippen molar-refractivity contribution in [2.24, 2.45) is 0 Å². The number of aryl methyl sites for hydroxylation is 1. The van der Waals surface area contributed by atoms with E-state index >= 15 is 0 Å². The van der Waals surface area contributed by atoms with E-state index in [4.69, 9.17) is 4.74 Å². The van der Waals surface area contributed by atoms with Gasteiger partial charge in [0.15, 0.2) is 9.84 Å². The second-order valence-electron chi connectivity index (χ2n) is 5.16. The number of anilines is 1. The molecule has 1 N–H and O–H groups in total. The molecule has 1 amide bonds. The van der Waals surface area contributed by atoms with Gasteiger partial charge in [0.25, 0.3) is 0 Å². The number of nitrogens with one attached hydrogen (secondary N) is 1. The molecule has 0 radical (unpaired) electrons. The Balaban J connectivity index is 1.95. The molecule has 6 heteroatoms. The van der Waals surface area contributed by atoms with Gasteiger partial charge in [-0.05, 0) is 42.3 Å². The number of carbonyl (C=O) groups excluding carboxylic acids is 1. The SMILES string of the molecule is COc1ccccc1CCC(=O)Nc1ccc(S(C)(=O)=O)cc1. The molecule has 0 unspecified atom stereocenters. The van der Waals surface area contributed by atoms with Gasteiger partial charge in [0.1, 0.15) is 5.75 Å². The first kappa shape index (κ1) is 17.0. The first-order valence-electron chi connectivity index (χ1n) is 7.12. The fourth-order valence-electron chi connectivity index (χ4n) is 2.17. The van der Waals surface area contributed by atoms with Crippen molar-refractivity contribution < 1.29 is 17.9 Å². The number of hydrogen-bond donors (Lipinski definition) is 1. The quantitative estimate of drug-likeness (QED) is 0.882. The fraction of sp³-hybridized carbons (Fsp3) is 0.235. The molecule has 23 heavy (non-hydrogen) atoms. The summed E-state index contributed by atoms with van der Waals surface area (Å²) in [6, 6.07) is 13.7. The average Bonchev–Trinajstić information content (AvgIpc) is 2.53. The maximum absolute atomic E-state index is 12.0. The lowest BCUT2D eigenvalue weighted by atomic mass is 10.1. The zero-order chi connectivity index (χ0) is 16.9. The van der Waals surface area contributed by atoms with Crippen molar-refractivity contribution in [3.05, 3.63) is 54.1 Å². The minimum Gasteiger partial charge on any atom is -0.496 e. The molecule has 0 saturated carbocycles. The van der Waals surface area contributed by atoms with Crippen LogP contribution in [0, 0.1) is 0 Å². The maximum atomic E-state index is 12.0. The van der Waals surface area contributed by atoms with Crippen LogP contribution in [-0.2, 0) is 21.1 Å². The van der Waals surface area contributed by atoms with Crippen molar-refractivity contribution in [2.75, 3.05) is 18.7 Å². The Morgan fingerprint density at radius 2 is 1.74 bits per heavy atom. The molecule has 0 aliphatic heterocycles. The van der Waals surface area contributed by atoms with Gasteiger partial charge in [-0.3, -0.25) is 4.79 Å². The molecule has 5 nitrogen and oxygen atoms in total. The number of para-hydroxylation sites is 1. The van der Waals surface area contributed by atoms with Crippen LogP contribution in [0.4, 0.5) is 5.69 Å². The highest BCUT2D eigenvalue weighted by Crippen LogP contribution is 2.19. The van der Waals surface area contributed by atoms with Gasteiger partial charge in [0.05, 0.1) is 12.0 Å². The average molecular weight is 333 g/mol. The molecule has 122 valence electrons. The summed E-state index contributed by atoms with van der Waals surface area (Å²) >= 11 is 0. The predicted molar refractivity (Wildman–Crippen MR) is 89.5 cm³/mol. The minimum absolute atomic E-state index is 0.136. The summed E-state index contributed by atoms with van der Waals surface area (Å²) in [6.07, 6.45) is 2.03. The summed E-state index contributed by atoms with van der Waals surface area (Å²) in [5, 5.41) is 2.75. The Morgan fingerprint density at radius 3 is 2.35 bits per heavy atom. The van der Waals surface area contributed by atoms with Crippen molar-refractivity contribution in [3.8, 4) is 5.75 Å². The number of rotatable bonds is 6. The lowest BCUT2D eigenvalue weighted by Crippen LogP contribution is -2.12. The van der Waals surface area contributed by atoms with E-state index in [1.165, 1.54) is 12.1 Å². The molecule has 0 spiro atoms. The molecule has 0 fully saturated rings.